The van der Waals surface area contributed by atoms with Crippen LogP contribution in [0.15, 0.2) is 36.7 Å². The fourth-order valence-corrected chi connectivity index (χ4v) is 2.95. The van der Waals surface area contributed by atoms with E-state index in [4.69, 9.17) is 16.3 Å². The molecule has 0 spiro atoms. The van der Waals surface area contributed by atoms with E-state index in [0.717, 1.165) is 37.1 Å². The Hall–Kier alpha value is -1.36. The third kappa shape index (κ3) is 4.06. The van der Waals surface area contributed by atoms with Gasteiger partial charge in [0, 0.05) is 30.6 Å². The fraction of sp³-hybridized carbons (Fsp3) is 0.438. The summed E-state index contributed by atoms with van der Waals surface area (Å²) in [6.45, 7) is 3.63. The van der Waals surface area contributed by atoms with E-state index in [2.05, 4.69) is 20.9 Å². The van der Waals surface area contributed by atoms with Crippen LogP contribution in [0.4, 0.5) is 0 Å². The zero-order chi connectivity index (χ0) is 14.5. The van der Waals surface area contributed by atoms with Crippen LogP contribution < -0.4 is 5.32 Å². The standard InChI is InChI=1S/C16H20ClN3O/c17-14-4-1-3-13(9-14)12-20-7-6-19-16(20)11-18-10-15-5-2-8-21-15/h1,3-4,6-7,9,15,18H,2,5,8,10-12H2/p+1/t15-/m1/s1. The summed E-state index contributed by atoms with van der Waals surface area (Å²) >= 11 is 6.04. The van der Waals surface area contributed by atoms with Gasteiger partial charge in [-0.1, -0.05) is 23.7 Å². The highest BCUT2D eigenvalue weighted by Crippen LogP contribution is 2.12. The Balaban J connectivity index is 1.56. The third-order valence-corrected chi connectivity index (χ3v) is 4.06. The van der Waals surface area contributed by atoms with Crippen molar-refractivity contribution < 1.29 is 10.1 Å². The maximum Gasteiger partial charge on any atom is 0.164 e. The quantitative estimate of drug-likeness (QED) is 0.885. The second kappa shape index (κ2) is 7.07. The molecule has 1 saturated heterocycles. The zero-order valence-electron chi connectivity index (χ0n) is 12.0. The molecule has 1 aromatic carbocycles. The van der Waals surface area contributed by atoms with E-state index in [9.17, 15) is 0 Å². The van der Waals surface area contributed by atoms with Crippen molar-refractivity contribution in [2.24, 2.45) is 0 Å². The molecule has 112 valence electrons. The van der Waals surface area contributed by atoms with Crippen LogP contribution in [0.2, 0.25) is 5.02 Å². The van der Waals surface area contributed by atoms with Gasteiger partial charge in [0.2, 0.25) is 0 Å². The molecule has 1 aliphatic heterocycles. The monoisotopic (exact) mass is 306 g/mol. The second-order valence-corrected chi connectivity index (χ2v) is 5.90. The summed E-state index contributed by atoms with van der Waals surface area (Å²) in [5, 5.41) is 3.06. The average Bonchev–Trinajstić information content (AvgIpc) is 3.12. The first-order valence-corrected chi connectivity index (χ1v) is 7.87. The summed E-state index contributed by atoms with van der Waals surface area (Å²) in [7, 11) is 0. The number of imidazole rings is 1. The highest BCUT2D eigenvalue weighted by Gasteiger charge is 2.17. The maximum absolute atomic E-state index is 6.04. The molecule has 1 aromatic heterocycles. The van der Waals surface area contributed by atoms with Gasteiger partial charge in [-0.05, 0) is 30.5 Å². The second-order valence-electron chi connectivity index (χ2n) is 5.46. The van der Waals surface area contributed by atoms with Crippen LogP contribution in [-0.2, 0) is 17.8 Å². The van der Waals surface area contributed by atoms with Crippen LogP contribution in [-0.4, -0.2) is 28.8 Å². The van der Waals surface area contributed by atoms with Crippen molar-refractivity contribution in [1.29, 1.82) is 0 Å². The van der Waals surface area contributed by atoms with Gasteiger partial charge < -0.3 is 14.6 Å². The Kier molecular flexibility index (Phi) is 4.91. The predicted molar refractivity (Wildman–Crippen MR) is 82.3 cm³/mol. The summed E-state index contributed by atoms with van der Waals surface area (Å²) in [6, 6.07) is 7.97. The van der Waals surface area contributed by atoms with Gasteiger partial charge in [0.05, 0.1) is 0 Å². The van der Waals surface area contributed by atoms with Gasteiger partial charge in [-0.15, -0.1) is 0 Å². The van der Waals surface area contributed by atoms with Gasteiger partial charge in [-0.25, -0.2) is 4.98 Å². The molecule has 5 heteroatoms. The number of ether oxygens (including phenoxy) is 1. The van der Waals surface area contributed by atoms with Crippen LogP contribution in [0.25, 0.3) is 0 Å². The highest BCUT2D eigenvalue weighted by molar-refractivity contribution is 6.30. The normalized spacial score (nSPS) is 18.2. The van der Waals surface area contributed by atoms with Crippen molar-refractivity contribution >= 4 is 11.6 Å². The van der Waals surface area contributed by atoms with Crippen LogP contribution in [0.1, 0.15) is 24.2 Å². The lowest BCUT2D eigenvalue weighted by Gasteiger charge is -2.10. The summed E-state index contributed by atoms with van der Waals surface area (Å²) < 4.78 is 7.82. The molecular weight excluding hydrogens is 286 g/mol. The largest absolute Gasteiger partial charge is 0.372 e. The smallest absolute Gasteiger partial charge is 0.164 e. The molecule has 0 amide bonds. The van der Waals surface area contributed by atoms with E-state index in [1.165, 1.54) is 18.4 Å². The van der Waals surface area contributed by atoms with Crippen molar-refractivity contribution in [3.05, 3.63) is 53.1 Å². The molecule has 2 heterocycles. The van der Waals surface area contributed by atoms with E-state index in [0.29, 0.717) is 6.10 Å². The Labute approximate surface area is 130 Å². The third-order valence-electron chi connectivity index (χ3n) is 3.82. The first kappa shape index (κ1) is 14.6. The number of nitrogens with two attached hydrogens (primary N) is 1. The molecule has 0 saturated carbocycles. The van der Waals surface area contributed by atoms with Crippen molar-refractivity contribution in [2.45, 2.75) is 32.0 Å². The molecule has 1 fully saturated rings. The Morgan fingerprint density at radius 1 is 1.43 bits per heavy atom. The summed E-state index contributed by atoms with van der Waals surface area (Å²) in [5.41, 5.74) is 1.20. The van der Waals surface area contributed by atoms with Gasteiger partial charge >= 0.3 is 0 Å². The lowest BCUT2D eigenvalue weighted by atomic mass is 10.2. The van der Waals surface area contributed by atoms with Gasteiger partial charge in [-0.2, -0.15) is 0 Å². The summed E-state index contributed by atoms with van der Waals surface area (Å²) in [5.74, 6) is 1.09. The molecule has 4 nitrogen and oxygen atoms in total. The first-order valence-electron chi connectivity index (χ1n) is 7.49. The minimum atomic E-state index is 0.418. The zero-order valence-corrected chi connectivity index (χ0v) is 12.8. The van der Waals surface area contributed by atoms with E-state index in [1.807, 2.05) is 30.6 Å². The van der Waals surface area contributed by atoms with Crippen molar-refractivity contribution in [2.75, 3.05) is 13.2 Å². The summed E-state index contributed by atoms with van der Waals surface area (Å²) in [6.07, 6.45) is 6.69. The Morgan fingerprint density at radius 3 is 3.19 bits per heavy atom. The Bertz CT molecular complexity index is 578. The van der Waals surface area contributed by atoms with Gasteiger partial charge in [0.25, 0.3) is 0 Å². The molecule has 0 bridgehead atoms. The van der Waals surface area contributed by atoms with Crippen LogP contribution in [0.3, 0.4) is 0 Å². The molecule has 3 rings (SSSR count). The molecule has 0 radical (unpaired) electrons. The number of rotatable bonds is 6. The van der Waals surface area contributed by atoms with Crippen LogP contribution >= 0.6 is 11.6 Å². The molecule has 21 heavy (non-hydrogen) atoms. The number of halogens is 1. The highest BCUT2D eigenvalue weighted by atomic mass is 35.5. The van der Waals surface area contributed by atoms with Gasteiger partial charge in [0.15, 0.2) is 5.82 Å². The van der Waals surface area contributed by atoms with Gasteiger partial charge in [-0.3, -0.25) is 0 Å². The molecule has 1 atom stereocenters. The van der Waals surface area contributed by atoms with Crippen molar-refractivity contribution in [1.82, 2.24) is 9.55 Å². The molecular formula is C16H21ClN3O+. The van der Waals surface area contributed by atoms with Crippen LogP contribution in [0, 0.1) is 0 Å². The number of aromatic nitrogens is 2. The minimum absolute atomic E-state index is 0.418. The van der Waals surface area contributed by atoms with Crippen molar-refractivity contribution in [3.8, 4) is 0 Å². The number of hydrogen-bond acceptors (Lipinski definition) is 2. The van der Waals surface area contributed by atoms with Crippen LogP contribution in [0.5, 0.6) is 0 Å². The molecule has 2 aromatic rings. The van der Waals surface area contributed by atoms with Crippen molar-refractivity contribution in [3.63, 3.8) is 0 Å². The van der Waals surface area contributed by atoms with E-state index >= 15 is 0 Å². The topological polar surface area (TPSA) is 43.7 Å². The molecule has 0 aliphatic carbocycles. The fourth-order valence-electron chi connectivity index (χ4n) is 2.73. The first-order chi connectivity index (χ1) is 10.3. The number of hydrogen-bond donors (Lipinski definition) is 1. The molecule has 0 unspecified atom stereocenters. The number of quaternary nitrogens is 1. The lowest BCUT2D eigenvalue weighted by Crippen LogP contribution is -2.85. The number of benzene rings is 1. The average molecular weight is 307 g/mol. The van der Waals surface area contributed by atoms with E-state index < -0.39 is 0 Å². The van der Waals surface area contributed by atoms with Gasteiger partial charge in [0.1, 0.15) is 19.2 Å². The lowest BCUT2D eigenvalue weighted by molar-refractivity contribution is -0.677. The molecule has 1 aliphatic rings. The number of nitrogens with zero attached hydrogens (tertiary/aromatic N) is 2. The Morgan fingerprint density at radius 2 is 2.38 bits per heavy atom. The van der Waals surface area contributed by atoms with E-state index in [-0.39, 0.29) is 0 Å². The SMILES string of the molecule is Clc1cccc(Cn2ccnc2C[NH2+]C[C@H]2CCCO2)c1. The maximum atomic E-state index is 6.04. The minimum Gasteiger partial charge on any atom is -0.372 e. The molecule has 2 N–H and O–H groups in total. The summed E-state index contributed by atoms with van der Waals surface area (Å²) in [4.78, 5) is 4.46. The predicted octanol–water partition coefficient (Wildman–Crippen LogP) is 1.83. The van der Waals surface area contributed by atoms with E-state index in [1.54, 1.807) is 0 Å².